The molecule has 1 unspecified atom stereocenters. The Balaban J connectivity index is 1.36. The van der Waals surface area contributed by atoms with Crippen LogP contribution in [0.15, 0.2) is 36.5 Å². The molecule has 5 nitrogen and oxygen atoms in total. The Labute approximate surface area is 166 Å². The summed E-state index contributed by atoms with van der Waals surface area (Å²) >= 11 is 0. The molecule has 1 spiro atoms. The number of benzene rings is 1. The number of carbonyl (C=O) groups is 2. The van der Waals surface area contributed by atoms with Gasteiger partial charge in [0, 0.05) is 43.1 Å². The van der Waals surface area contributed by atoms with Gasteiger partial charge in [0.15, 0.2) is 5.78 Å². The van der Waals surface area contributed by atoms with Crippen LogP contribution in [0.4, 0.5) is 0 Å². The van der Waals surface area contributed by atoms with Gasteiger partial charge in [-0.25, -0.2) is 9.97 Å². The highest BCUT2D eigenvalue weighted by Crippen LogP contribution is 2.43. The van der Waals surface area contributed by atoms with E-state index < -0.39 is 0 Å². The van der Waals surface area contributed by atoms with Gasteiger partial charge in [0.05, 0.1) is 5.69 Å². The highest BCUT2D eigenvalue weighted by atomic mass is 16.2. The number of amides is 1. The molecule has 1 fully saturated rings. The number of likely N-dealkylation sites (tertiary alicyclic amines) is 1. The Morgan fingerprint density at radius 1 is 1.14 bits per heavy atom. The van der Waals surface area contributed by atoms with E-state index in [2.05, 4.69) is 4.98 Å². The standard InChI is InChI=1S/C23H27N3O2/c1-17-24-15-19-11-13-23(22(19)25-17)12-6-14-26(16-23)21(28)10-5-9-20(27)18-7-3-2-4-8-18/h2-4,7-8,15H,5-6,9-14,16H2,1H3. The van der Waals surface area contributed by atoms with E-state index in [4.69, 9.17) is 4.98 Å². The maximum atomic E-state index is 12.8. The number of nitrogens with zero attached hydrogens (tertiary/aromatic N) is 3. The predicted molar refractivity (Wildman–Crippen MR) is 107 cm³/mol. The van der Waals surface area contributed by atoms with Gasteiger partial charge >= 0.3 is 0 Å². The third kappa shape index (κ3) is 3.71. The Hall–Kier alpha value is -2.56. The molecule has 5 heteroatoms. The van der Waals surface area contributed by atoms with Crippen molar-refractivity contribution < 1.29 is 9.59 Å². The average molecular weight is 377 g/mol. The van der Waals surface area contributed by atoms with Crippen molar-refractivity contribution in [2.45, 2.75) is 57.3 Å². The number of aromatic nitrogens is 2. The Morgan fingerprint density at radius 2 is 1.96 bits per heavy atom. The summed E-state index contributed by atoms with van der Waals surface area (Å²) < 4.78 is 0. The third-order valence-electron chi connectivity index (χ3n) is 6.18. The van der Waals surface area contributed by atoms with Crippen LogP contribution in [0.5, 0.6) is 0 Å². The maximum Gasteiger partial charge on any atom is 0.222 e. The molecule has 0 radical (unpaired) electrons. The van der Waals surface area contributed by atoms with Gasteiger partial charge < -0.3 is 4.90 Å². The molecule has 1 amide bonds. The highest BCUT2D eigenvalue weighted by molar-refractivity contribution is 5.96. The SMILES string of the molecule is Cc1ncc2c(n1)C1(CCCN(C(=O)CCCC(=O)c3ccccc3)C1)CC2. The van der Waals surface area contributed by atoms with Gasteiger partial charge in [-0.05, 0) is 44.6 Å². The molecular formula is C23H27N3O2. The largest absolute Gasteiger partial charge is 0.342 e. The zero-order valence-electron chi connectivity index (χ0n) is 16.5. The van der Waals surface area contributed by atoms with Crippen molar-refractivity contribution in [3.8, 4) is 0 Å². The van der Waals surface area contributed by atoms with E-state index >= 15 is 0 Å². The smallest absolute Gasteiger partial charge is 0.222 e. The topological polar surface area (TPSA) is 63.2 Å². The zero-order chi connectivity index (χ0) is 19.6. The number of carbonyl (C=O) groups excluding carboxylic acids is 2. The molecule has 2 aliphatic rings. The van der Waals surface area contributed by atoms with Crippen LogP contribution < -0.4 is 0 Å². The van der Waals surface area contributed by atoms with Crippen LogP contribution in [0.25, 0.3) is 0 Å². The molecular weight excluding hydrogens is 350 g/mol. The van der Waals surface area contributed by atoms with Crippen molar-refractivity contribution in [1.29, 1.82) is 0 Å². The lowest BCUT2D eigenvalue weighted by molar-refractivity contribution is -0.133. The zero-order valence-corrected chi connectivity index (χ0v) is 16.5. The van der Waals surface area contributed by atoms with Crippen LogP contribution in [0.2, 0.25) is 0 Å². The summed E-state index contributed by atoms with van der Waals surface area (Å²) in [5.74, 6) is 1.09. The highest BCUT2D eigenvalue weighted by Gasteiger charge is 2.44. The summed E-state index contributed by atoms with van der Waals surface area (Å²) in [6.07, 6.45) is 7.58. The normalized spacial score (nSPS) is 21.0. The van der Waals surface area contributed by atoms with E-state index in [1.165, 1.54) is 5.56 Å². The van der Waals surface area contributed by atoms with E-state index in [-0.39, 0.29) is 17.1 Å². The average Bonchev–Trinajstić information content (AvgIpc) is 3.05. The molecule has 1 saturated heterocycles. The minimum absolute atomic E-state index is 0.00317. The minimum Gasteiger partial charge on any atom is -0.342 e. The van der Waals surface area contributed by atoms with Crippen LogP contribution in [0, 0.1) is 6.92 Å². The van der Waals surface area contributed by atoms with Gasteiger partial charge in [-0.15, -0.1) is 0 Å². The van der Waals surface area contributed by atoms with Gasteiger partial charge in [-0.1, -0.05) is 30.3 Å². The van der Waals surface area contributed by atoms with E-state index in [0.29, 0.717) is 19.3 Å². The second kappa shape index (κ2) is 7.82. The minimum atomic E-state index is -0.00317. The molecule has 1 aromatic carbocycles. The molecule has 146 valence electrons. The fraction of sp³-hybridized carbons (Fsp3) is 0.478. The molecule has 1 aliphatic carbocycles. The first-order valence-corrected chi connectivity index (χ1v) is 10.3. The van der Waals surface area contributed by atoms with Crippen LogP contribution in [0.1, 0.15) is 66.0 Å². The lowest BCUT2D eigenvalue weighted by Crippen LogP contribution is -2.48. The van der Waals surface area contributed by atoms with Crippen LogP contribution in [-0.2, 0) is 16.6 Å². The molecule has 1 atom stereocenters. The third-order valence-corrected chi connectivity index (χ3v) is 6.18. The number of rotatable bonds is 5. The summed E-state index contributed by atoms with van der Waals surface area (Å²) in [6.45, 7) is 3.50. The van der Waals surface area contributed by atoms with Crippen molar-refractivity contribution in [2.24, 2.45) is 0 Å². The van der Waals surface area contributed by atoms with Gasteiger partial charge in [0.1, 0.15) is 5.82 Å². The summed E-state index contributed by atoms with van der Waals surface area (Å²) in [5, 5.41) is 0. The Bertz CT molecular complexity index is 877. The number of Topliss-reactive ketones (excluding diaryl/α,β-unsaturated/α-hetero) is 1. The van der Waals surface area contributed by atoms with Crippen molar-refractivity contribution in [1.82, 2.24) is 14.9 Å². The van der Waals surface area contributed by atoms with Gasteiger partial charge in [0.2, 0.25) is 5.91 Å². The molecule has 2 aromatic rings. The maximum absolute atomic E-state index is 12.8. The van der Waals surface area contributed by atoms with Crippen molar-refractivity contribution in [3.05, 3.63) is 59.2 Å². The van der Waals surface area contributed by atoms with Gasteiger partial charge in [-0.3, -0.25) is 9.59 Å². The second-order valence-electron chi connectivity index (χ2n) is 8.13. The monoisotopic (exact) mass is 377 g/mol. The first-order chi connectivity index (χ1) is 13.6. The molecule has 1 aromatic heterocycles. The van der Waals surface area contributed by atoms with E-state index in [0.717, 1.165) is 55.9 Å². The molecule has 4 rings (SSSR count). The summed E-state index contributed by atoms with van der Waals surface area (Å²) in [6, 6.07) is 9.31. The first kappa shape index (κ1) is 18.8. The lowest BCUT2D eigenvalue weighted by Gasteiger charge is -2.40. The van der Waals surface area contributed by atoms with Crippen LogP contribution >= 0.6 is 0 Å². The Kier molecular flexibility index (Phi) is 5.25. The fourth-order valence-electron chi connectivity index (χ4n) is 4.70. The van der Waals surface area contributed by atoms with Crippen molar-refractivity contribution in [2.75, 3.05) is 13.1 Å². The molecule has 28 heavy (non-hydrogen) atoms. The van der Waals surface area contributed by atoms with E-state index in [9.17, 15) is 9.59 Å². The number of hydrogen-bond acceptors (Lipinski definition) is 4. The second-order valence-corrected chi connectivity index (χ2v) is 8.13. The van der Waals surface area contributed by atoms with Gasteiger partial charge in [-0.2, -0.15) is 0 Å². The summed E-state index contributed by atoms with van der Waals surface area (Å²) in [5.41, 5.74) is 3.13. The molecule has 2 heterocycles. The number of hydrogen-bond donors (Lipinski definition) is 0. The van der Waals surface area contributed by atoms with Crippen molar-refractivity contribution in [3.63, 3.8) is 0 Å². The molecule has 0 N–H and O–H groups in total. The number of aryl methyl sites for hydroxylation is 2. The van der Waals surface area contributed by atoms with Gasteiger partial charge in [0.25, 0.3) is 0 Å². The Morgan fingerprint density at radius 3 is 2.79 bits per heavy atom. The molecule has 1 aliphatic heterocycles. The molecule has 0 saturated carbocycles. The fourth-order valence-corrected chi connectivity index (χ4v) is 4.70. The van der Waals surface area contributed by atoms with Crippen LogP contribution in [-0.4, -0.2) is 39.6 Å². The van der Waals surface area contributed by atoms with Crippen molar-refractivity contribution >= 4 is 11.7 Å². The number of fused-ring (bicyclic) bond motifs is 2. The lowest BCUT2D eigenvalue weighted by atomic mass is 9.77. The first-order valence-electron chi connectivity index (χ1n) is 10.3. The van der Waals surface area contributed by atoms with E-state index in [1.54, 1.807) is 0 Å². The summed E-state index contributed by atoms with van der Waals surface area (Å²) in [7, 11) is 0. The van der Waals surface area contributed by atoms with E-state index in [1.807, 2.05) is 48.4 Å². The predicted octanol–water partition coefficient (Wildman–Crippen LogP) is 3.64. The van der Waals surface area contributed by atoms with Crippen LogP contribution in [0.3, 0.4) is 0 Å². The number of ketones is 1. The summed E-state index contributed by atoms with van der Waals surface area (Å²) in [4.78, 5) is 36.1. The molecule has 0 bridgehead atoms. The number of piperidine rings is 1. The quantitative estimate of drug-likeness (QED) is 0.746.